The van der Waals surface area contributed by atoms with Gasteiger partial charge in [-0.1, -0.05) is 0 Å². The van der Waals surface area contributed by atoms with Crippen LogP contribution in [0.15, 0.2) is 33.9 Å². The van der Waals surface area contributed by atoms with Gasteiger partial charge < -0.3 is 9.73 Å². The smallest absolute Gasteiger partial charge is 0.273 e. The van der Waals surface area contributed by atoms with Crippen LogP contribution in [0.2, 0.25) is 0 Å². The second kappa shape index (κ2) is 6.21. The summed E-state index contributed by atoms with van der Waals surface area (Å²) in [5, 5.41) is 7.01. The van der Waals surface area contributed by atoms with Crippen LogP contribution in [-0.4, -0.2) is 31.8 Å². The minimum Gasteiger partial charge on any atom is -0.447 e. The van der Waals surface area contributed by atoms with Crippen molar-refractivity contribution < 1.29 is 12.8 Å². The number of hydrogen-bond donors (Lipinski definition) is 2. The molecule has 2 rings (SSSR count). The average Bonchev–Trinajstić information content (AvgIpc) is 2.99. The molecule has 20 heavy (non-hydrogen) atoms. The lowest BCUT2D eigenvalue weighted by Crippen LogP contribution is -2.25. The largest absolute Gasteiger partial charge is 0.447 e. The Hall–Kier alpha value is -1.64. The molecule has 2 heterocycles. The van der Waals surface area contributed by atoms with Crippen molar-refractivity contribution in [1.29, 1.82) is 0 Å². The van der Waals surface area contributed by atoms with E-state index in [-0.39, 0.29) is 11.6 Å². The summed E-state index contributed by atoms with van der Waals surface area (Å²) < 4.78 is 33.4. The molecule has 2 aromatic rings. The first-order chi connectivity index (χ1) is 9.51. The van der Waals surface area contributed by atoms with Crippen molar-refractivity contribution in [2.75, 3.05) is 13.6 Å². The summed E-state index contributed by atoms with van der Waals surface area (Å²) in [6, 6.07) is 4.95. The fourth-order valence-electron chi connectivity index (χ4n) is 1.75. The quantitative estimate of drug-likeness (QED) is 0.765. The molecular weight excluding hydrogens is 280 g/mol. The molecule has 0 saturated heterocycles. The summed E-state index contributed by atoms with van der Waals surface area (Å²) in [5.41, 5.74) is 0.838. The van der Waals surface area contributed by atoms with Crippen molar-refractivity contribution in [3.8, 4) is 0 Å². The molecule has 110 valence electrons. The number of nitrogens with zero attached hydrogens (tertiary/aromatic N) is 2. The first-order valence-electron chi connectivity index (χ1n) is 6.23. The molecule has 7 nitrogen and oxygen atoms in total. The van der Waals surface area contributed by atoms with Crippen molar-refractivity contribution in [1.82, 2.24) is 19.8 Å². The van der Waals surface area contributed by atoms with Gasteiger partial charge in [0, 0.05) is 26.2 Å². The molecule has 0 aromatic carbocycles. The lowest BCUT2D eigenvalue weighted by atomic mass is 10.3. The van der Waals surface area contributed by atoms with Crippen LogP contribution in [0, 0.1) is 0 Å². The van der Waals surface area contributed by atoms with Crippen LogP contribution in [0.5, 0.6) is 0 Å². The van der Waals surface area contributed by atoms with Crippen LogP contribution in [0.4, 0.5) is 0 Å². The Labute approximate surface area is 118 Å². The van der Waals surface area contributed by atoms with Gasteiger partial charge in [0.05, 0.1) is 12.2 Å². The average molecular weight is 298 g/mol. The lowest BCUT2D eigenvalue weighted by Gasteiger charge is -2.03. The third-order valence-electron chi connectivity index (χ3n) is 2.69. The van der Waals surface area contributed by atoms with Gasteiger partial charge in [0.2, 0.25) is 5.09 Å². The number of rotatable bonds is 7. The van der Waals surface area contributed by atoms with Gasteiger partial charge in [0.25, 0.3) is 10.0 Å². The third-order valence-corrected chi connectivity index (χ3v) is 4.03. The minimum atomic E-state index is -3.60. The maximum atomic E-state index is 12.0. The van der Waals surface area contributed by atoms with Gasteiger partial charge in [0.15, 0.2) is 0 Å². The maximum absolute atomic E-state index is 12.0. The molecule has 0 saturated carbocycles. The third kappa shape index (κ3) is 3.69. The molecule has 8 heteroatoms. The van der Waals surface area contributed by atoms with E-state index in [1.807, 2.05) is 19.3 Å². The SMILES string of the molecule is CNCc1ccc(S(=O)(=O)NCCc2ccn(C)n2)o1. The molecule has 0 aliphatic heterocycles. The van der Waals surface area contributed by atoms with Gasteiger partial charge in [-0.05, 0) is 25.2 Å². The highest BCUT2D eigenvalue weighted by Gasteiger charge is 2.18. The second-order valence-electron chi connectivity index (χ2n) is 4.38. The van der Waals surface area contributed by atoms with Gasteiger partial charge in [-0.2, -0.15) is 5.10 Å². The van der Waals surface area contributed by atoms with E-state index in [0.29, 0.717) is 18.7 Å². The van der Waals surface area contributed by atoms with Crippen molar-refractivity contribution in [3.63, 3.8) is 0 Å². The number of nitrogens with one attached hydrogen (secondary N) is 2. The Balaban J connectivity index is 1.92. The van der Waals surface area contributed by atoms with Crippen LogP contribution < -0.4 is 10.0 Å². The van der Waals surface area contributed by atoms with E-state index < -0.39 is 10.0 Å². The maximum Gasteiger partial charge on any atom is 0.273 e. The molecule has 0 atom stereocenters. The number of hydrogen-bond acceptors (Lipinski definition) is 5. The zero-order valence-corrected chi connectivity index (χ0v) is 12.3. The minimum absolute atomic E-state index is 0.0660. The van der Waals surface area contributed by atoms with Crippen LogP contribution in [-0.2, 0) is 30.0 Å². The van der Waals surface area contributed by atoms with Gasteiger partial charge in [-0.3, -0.25) is 4.68 Å². The second-order valence-corrected chi connectivity index (χ2v) is 6.08. The van der Waals surface area contributed by atoms with Crippen LogP contribution in [0.3, 0.4) is 0 Å². The summed E-state index contributed by atoms with van der Waals surface area (Å²) in [4.78, 5) is 0. The molecule has 0 fully saturated rings. The highest BCUT2D eigenvalue weighted by atomic mass is 32.2. The highest BCUT2D eigenvalue weighted by molar-refractivity contribution is 7.89. The van der Waals surface area contributed by atoms with Gasteiger partial charge >= 0.3 is 0 Å². The van der Waals surface area contributed by atoms with Gasteiger partial charge in [-0.25, -0.2) is 13.1 Å². The van der Waals surface area contributed by atoms with Crippen LogP contribution in [0.1, 0.15) is 11.5 Å². The zero-order valence-electron chi connectivity index (χ0n) is 11.5. The van der Waals surface area contributed by atoms with Crippen molar-refractivity contribution in [2.45, 2.75) is 18.1 Å². The Bertz CT molecular complexity index is 660. The molecule has 2 aromatic heterocycles. The molecule has 0 spiro atoms. The van der Waals surface area contributed by atoms with E-state index in [2.05, 4.69) is 15.1 Å². The first-order valence-corrected chi connectivity index (χ1v) is 7.71. The number of furan rings is 1. The van der Waals surface area contributed by atoms with E-state index in [1.54, 1.807) is 17.8 Å². The van der Waals surface area contributed by atoms with Crippen LogP contribution >= 0.6 is 0 Å². The number of sulfonamides is 1. The Morgan fingerprint density at radius 2 is 2.15 bits per heavy atom. The predicted molar refractivity (Wildman–Crippen MR) is 73.6 cm³/mol. The molecule has 0 amide bonds. The summed E-state index contributed by atoms with van der Waals surface area (Å²) >= 11 is 0. The Morgan fingerprint density at radius 3 is 2.80 bits per heavy atom. The Morgan fingerprint density at radius 1 is 1.35 bits per heavy atom. The van der Waals surface area contributed by atoms with E-state index in [9.17, 15) is 8.42 Å². The van der Waals surface area contributed by atoms with Crippen molar-refractivity contribution in [2.24, 2.45) is 7.05 Å². The molecule has 0 radical (unpaired) electrons. The number of aryl methyl sites for hydroxylation is 1. The van der Waals surface area contributed by atoms with E-state index in [0.717, 1.165) is 5.69 Å². The van der Waals surface area contributed by atoms with Crippen LogP contribution in [0.25, 0.3) is 0 Å². The molecule has 2 N–H and O–H groups in total. The summed E-state index contributed by atoms with van der Waals surface area (Å²) in [5.74, 6) is 0.581. The van der Waals surface area contributed by atoms with Gasteiger partial charge in [-0.15, -0.1) is 0 Å². The normalized spacial score (nSPS) is 11.9. The van der Waals surface area contributed by atoms with E-state index >= 15 is 0 Å². The Kier molecular flexibility index (Phi) is 4.58. The van der Waals surface area contributed by atoms with E-state index in [4.69, 9.17) is 4.42 Å². The fraction of sp³-hybridized carbons (Fsp3) is 0.417. The number of aromatic nitrogens is 2. The molecule has 0 aliphatic carbocycles. The molecular formula is C12H18N4O3S. The highest BCUT2D eigenvalue weighted by Crippen LogP contribution is 2.13. The van der Waals surface area contributed by atoms with Crippen molar-refractivity contribution in [3.05, 3.63) is 35.9 Å². The summed E-state index contributed by atoms with van der Waals surface area (Å²) in [6.07, 6.45) is 2.35. The monoisotopic (exact) mass is 298 g/mol. The predicted octanol–water partition coefficient (Wildman–Crippen LogP) is 0.254. The molecule has 0 aliphatic rings. The van der Waals surface area contributed by atoms with Gasteiger partial charge in [0.1, 0.15) is 5.76 Å². The topological polar surface area (TPSA) is 89.2 Å². The van der Waals surface area contributed by atoms with Crippen molar-refractivity contribution >= 4 is 10.0 Å². The summed E-state index contributed by atoms with van der Waals surface area (Å²) in [7, 11) is -0.0152. The molecule has 0 bridgehead atoms. The van der Waals surface area contributed by atoms with E-state index in [1.165, 1.54) is 6.07 Å². The summed E-state index contributed by atoms with van der Waals surface area (Å²) in [6.45, 7) is 0.769. The zero-order chi connectivity index (χ0) is 14.6. The standard InChI is InChI=1S/C12H18N4O3S/c1-13-9-11-3-4-12(19-11)20(17,18)14-7-5-10-6-8-16(2)15-10/h3-4,6,8,13-14H,5,7,9H2,1-2H3. The lowest BCUT2D eigenvalue weighted by molar-refractivity contribution is 0.404. The fourth-order valence-corrected chi connectivity index (χ4v) is 2.73. The molecule has 0 unspecified atom stereocenters. The first kappa shape index (κ1) is 14.8.